The highest BCUT2D eigenvalue weighted by atomic mass is 127. The van der Waals surface area contributed by atoms with Crippen LogP contribution in [0.5, 0.6) is 0 Å². The molecule has 2 aromatic heterocycles. The van der Waals surface area contributed by atoms with E-state index in [4.69, 9.17) is 5.73 Å². The van der Waals surface area contributed by atoms with Crippen molar-refractivity contribution in [3.63, 3.8) is 0 Å². The molecule has 0 radical (unpaired) electrons. The molecule has 0 saturated carbocycles. The highest BCUT2D eigenvalue weighted by Crippen LogP contribution is 2.36. The van der Waals surface area contributed by atoms with E-state index in [0.717, 1.165) is 26.7 Å². The van der Waals surface area contributed by atoms with Crippen molar-refractivity contribution in [3.05, 3.63) is 44.3 Å². The standard InChI is InChI=1S/C19H19F2IN6O/c1-9(29)24-4-5-28-15(25-16-17(23)26-19(21)27-18(16)28)8-11-6-12-10(7-14(11)22)2-3-13(12)20/h6-7,13H,2-5,8H2,1H3,(H,24,29)(H2,23,26,27). The third-order valence-corrected chi connectivity index (χ3v) is 6.05. The van der Waals surface area contributed by atoms with E-state index in [-0.39, 0.29) is 17.4 Å². The number of rotatable bonds is 5. The zero-order valence-corrected chi connectivity index (χ0v) is 17.8. The van der Waals surface area contributed by atoms with Crippen LogP contribution in [-0.4, -0.2) is 32.0 Å². The molecule has 3 N–H and O–H groups in total. The van der Waals surface area contributed by atoms with E-state index in [2.05, 4.69) is 42.9 Å². The van der Waals surface area contributed by atoms with Gasteiger partial charge in [-0.2, -0.15) is 14.4 Å². The molecular formula is C19H19F2IN6O. The number of nitrogens with two attached hydrogens (primary N) is 1. The number of aromatic nitrogens is 4. The van der Waals surface area contributed by atoms with E-state index in [0.29, 0.717) is 37.3 Å². The first-order chi connectivity index (χ1) is 13.8. The summed E-state index contributed by atoms with van der Waals surface area (Å²) in [5.74, 6) is 0.390. The number of alkyl halides is 1. The Morgan fingerprint density at radius 1 is 1.38 bits per heavy atom. The van der Waals surface area contributed by atoms with E-state index in [1.807, 2.05) is 12.1 Å². The fraction of sp³-hybridized carbons (Fsp3) is 0.368. The summed E-state index contributed by atoms with van der Waals surface area (Å²) in [4.78, 5) is 23.2. The molecule has 1 aliphatic carbocycles. The second-order valence-corrected chi connectivity index (χ2v) is 8.20. The lowest BCUT2D eigenvalue weighted by molar-refractivity contribution is -0.118. The van der Waals surface area contributed by atoms with Crippen LogP contribution in [0, 0.1) is 9.65 Å². The first kappa shape index (κ1) is 19.9. The van der Waals surface area contributed by atoms with Crippen molar-refractivity contribution in [1.29, 1.82) is 0 Å². The topological polar surface area (TPSA) is 98.7 Å². The maximum atomic E-state index is 14.2. The molecule has 0 saturated heterocycles. The molecule has 0 fully saturated rings. The van der Waals surface area contributed by atoms with Gasteiger partial charge in [0.05, 0.1) is 0 Å². The van der Waals surface area contributed by atoms with Crippen LogP contribution in [-0.2, 0) is 24.2 Å². The largest absolute Gasteiger partial charge is 0.382 e. The van der Waals surface area contributed by atoms with Gasteiger partial charge in [-0.25, -0.2) is 9.37 Å². The number of benzene rings is 1. The zero-order chi connectivity index (χ0) is 20.7. The first-order valence-corrected chi connectivity index (χ1v) is 10.3. The predicted octanol–water partition coefficient (Wildman–Crippen LogP) is 2.84. The maximum absolute atomic E-state index is 14.2. The van der Waals surface area contributed by atoms with Gasteiger partial charge in [-0.05, 0) is 58.2 Å². The number of nitrogens with zero attached hydrogens (tertiary/aromatic N) is 4. The van der Waals surface area contributed by atoms with Crippen molar-refractivity contribution >= 4 is 45.5 Å². The number of amides is 1. The van der Waals surface area contributed by atoms with E-state index >= 15 is 0 Å². The number of halogens is 3. The van der Waals surface area contributed by atoms with E-state index in [9.17, 15) is 13.6 Å². The average molecular weight is 512 g/mol. The summed E-state index contributed by atoms with van der Waals surface area (Å²) in [6, 6.07) is 3.91. The van der Waals surface area contributed by atoms with Crippen LogP contribution < -0.4 is 11.1 Å². The van der Waals surface area contributed by atoms with Gasteiger partial charge in [0.1, 0.15) is 12.0 Å². The Labute approximate surface area is 179 Å². The van der Waals surface area contributed by atoms with Crippen molar-refractivity contribution in [2.24, 2.45) is 0 Å². The van der Waals surface area contributed by atoms with Crippen LogP contribution in [0.25, 0.3) is 11.2 Å². The van der Waals surface area contributed by atoms with E-state index in [1.165, 1.54) is 6.92 Å². The SMILES string of the molecule is CC(=O)NCCn1c(Cc2cc3c(cc2I)CCC3F)nc2c(N)nc(F)nc21. The number of imidazole rings is 1. The molecule has 1 atom stereocenters. The lowest BCUT2D eigenvalue weighted by Gasteiger charge is -2.12. The summed E-state index contributed by atoms with van der Waals surface area (Å²) in [5, 5.41) is 2.71. The van der Waals surface area contributed by atoms with Crippen molar-refractivity contribution in [3.8, 4) is 0 Å². The number of nitrogens with one attached hydrogen (secondary N) is 1. The van der Waals surface area contributed by atoms with E-state index < -0.39 is 12.2 Å². The second-order valence-electron chi connectivity index (χ2n) is 7.04. The Kier molecular flexibility index (Phi) is 5.36. The summed E-state index contributed by atoms with van der Waals surface area (Å²) < 4.78 is 30.7. The van der Waals surface area contributed by atoms with Crippen LogP contribution in [0.1, 0.15) is 42.0 Å². The van der Waals surface area contributed by atoms with Gasteiger partial charge in [0.15, 0.2) is 17.0 Å². The molecule has 0 spiro atoms. The zero-order valence-electron chi connectivity index (χ0n) is 15.7. The average Bonchev–Trinajstić information content (AvgIpc) is 3.17. The molecule has 0 aliphatic heterocycles. The highest BCUT2D eigenvalue weighted by molar-refractivity contribution is 14.1. The number of aryl methyl sites for hydroxylation is 1. The second kappa shape index (κ2) is 7.81. The molecule has 152 valence electrons. The van der Waals surface area contributed by atoms with Gasteiger partial charge in [-0.1, -0.05) is 6.07 Å². The summed E-state index contributed by atoms with van der Waals surface area (Å²) in [7, 11) is 0. The van der Waals surface area contributed by atoms with Crippen molar-refractivity contribution < 1.29 is 13.6 Å². The third kappa shape index (κ3) is 3.89. The number of hydrogen-bond acceptors (Lipinski definition) is 5. The van der Waals surface area contributed by atoms with Crippen LogP contribution >= 0.6 is 22.6 Å². The number of carbonyl (C=O) groups is 1. The van der Waals surface area contributed by atoms with Gasteiger partial charge in [0.2, 0.25) is 5.91 Å². The molecule has 3 aromatic rings. The highest BCUT2D eigenvalue weighted by Gasteiger charge is 2.24. The van der Waals surface area contributed by atoms with Gasteiger partial charge in [0.25, 0.3) is 0 Å². The van der Waals surface area contributed by atoms with Crippen LogP contribution in [0.2, 0.25) is 0 Å². The van der Waals surface area contributed by atoms with E-state index in [1.54, 1.807) is 4.57 Å². The lowest BCUT2D eigenvalue weighted by atomic mass is 10.0. The van der Waals surface area contributed by atoms with Crippen molar-refractivity contribution in [2.45, 2.75) is 38.9 Å². The molecule has 2 heterocycles. The number of carbonyl (C=O) groups excluding carboxylic acids is 1. The Morgan fingerprint density at radius 3 is 2.93 bits per heavy atom. The summed E-state index contributed by atoms with van der Waals surface area (Å²) >= 11 is 2.24. The quantitative estimate of drug-likeness (QED) is 0.405. The van der Waals surface area contributed by atoms with Crippen molar-refractivity contribution in [2.75, 3.05) is 12.3 Å². The predicted molar refractivity (Wildman–Crippen MR) is 113 cm³/mol. The molecule has 1 aromatic carbocycles. The molecule has 7 nitrogen and oxygen atoms in total. The first-order valence-electron chi connectivity index (χ1n) is 9.21. The minimum atomic E-state index is -0.949. The summed E-state index contributed by atoms with van der Waals surface area (Å²) in [5.41, 5.74) is 9.13. The minimum Gasteiger partial charge on any atom is -0.382 e. The smallest absolute Gasteiger partial charge is 0.312 e. The molecular weight excluding hydrogens is 493 g/mol. The summed E-state index contributed by atoms with van der Waals surface area (Å²) in [6.07, 6.45) is -0.233. The Hall–Kier alpha value is -2.37. The Bertz CT molecular complexity index is 1120. The van der Waals surface area contributed by atoms with Gasteiger partial charge in [-0.15, -0.1) is 0 Å². The summed E-state index contributed by atoms with van der Waals surface area (Å²) in [6.45, 7) is 2.09. The molecule has 4 rings (SSSR count). The normalized spacial score (nSPS) is 15.7. The Morgan fingerprint density at radius 2 is 2.17 bits per heavy atom. The third-order valence-electron chi connectivity index (χ3n) is 5.04. The van der Waals surface area contributed by atoms with Gasteiger partial charge < -0.3 is 15.6 Å². The van der Waals surface area contributed by atoms with Gasteiger partial charge >= 0.3 is 6.08 Å². The molecule has 1 unspecified atom stereocenters. The number of anilines is 1. The van der Waals surface area contributed by atoms with Crippen molar-refractivity contribution in [1.82, 2.24) is 24.8 Å². The fourth-order valence-corrected chi connectivity index (χ4v) is 4.41. The van der Waals surface area contributed by atoms with Crippen LogP contribution in [0.3, 0.4) is 0 Å². The van der Waals surface area contributed by atoms with Gasteiger partial charge in [-0.3, -0.25) is 4.79 Å². The fourth-order valence-electron chi connectivity index (χ4n) is 3.68. The maximum Gasteiger partial charge on any atom is 0.312 e. The number of nitrogen functional groups attached to an aromatic ring is 1. The monoisotopic (exact) mass is 512 g/mol. The molecule has 0 bridgehead atoms. The lowest BCUT2D eigenvalue weighted by Crippen LogP contribution is -2.25. The molecule has 29 heavy (non-hydrogen) atoms. The Balaban J connectivity index is 1.76. The molecule has 1 amide bonds. The van der Waals surface area contributed by atoms with Crippen LogP contribution in [0.15, 0.2) is 12.1 Å². The molecule has 10 heteroatoms. The molecule has 1 aliphatic rings. The number of hydrogen-bond donors (Lipinski definition) is 2. The number of fused-ring (bicyclic) bond motifs is 2. The van der Waals surface area contributed by atoms with Crippen LogP contribution in [0.4, 0.5) is 14.6 Å². The van der Waals surface area contributed by atoms with Gasteiger partial charge in [0, 0.05) is 30.0 Å². The minimum absolute atomic E-state index is 0.0421.